The summed E-state index contributed by atoms with van der Waals surface area (Å²) < 4.78 is 0. The van der Waals surface area contributed by atoms with Crippen LogP contribution in [0.25, 0.3) is 0 Å². The minimum atomic E-state index is -0.0711. The van der Waals surface area contributed by atoms with Gasteiger partial charge in [0.25, 0.3) is 0 Å². The highest BCUT2D eigenvalue weighted by Gasteiger charge is 2.27. The van der Waals surface area contributed by atoms with Gasteiger partial charge in [0.05, 0.1) is 6.10 Å². The van der Waals surface area contributed by atoms with E-state index in [0.717, 1.165) is 18.3 Å². The quantitative estimate of drug-likeness (QED) is 0.731. The number of aliphatic hydroxyl groups is 1. The van der Waals surface area contributed by atoms with Crippen molar-refractivity contribution in [2.45, 2.75) is 65.4 Å². The summed E-state index contributed by atoms with van der Waals surface area (Å²) in [6.07, 6.45) is 7.65. The molecule has 0 bridgehead atoms. The first-order chi connectivity index (χ1) is 6.69. The minimum absolute atomic E-state index is 0.0711. The Morgan fingerprint density at radius 1 is 1.14 bits per heavy atom. The Bertz CT molecular complexity index is 147. The van der Waals surface area contributed by atoms with Gasteiger partial charge in [-0.25, -0.2) is 0 Å². The van der Waals surface area contributed by atoms with Crippen LogP contribution in [0.3, 0.4) is 0 Å². The maximum atomic E-state index is 9.80. The molecule has 1 rings (SSSR count). The van der Waals surface area contributed by atoms with Crippen LogP contribution in [0.2, 0.25) is 0 Å². The van der Waals surface area contributed by atoms with Crippen molar-refractivity contribution in [2.75, 3.05) is 0 Å². The van der Waals surface area contributed by atoms with Gasteiger partial charge in [-0.05, 0) is 37.0 Å². The Labute approximate surface area is 88.9 Å². The molecule has 1 saturated carbocycles. The number of hydrogen-bond acceptors (Lipinski definition) is 1. The summed E-state index contributed by atoms with van der Waals surface area (Å²) >= 11 is 0. The van der Waals surface area contributed by atoms with E-state index in [-0.39, 0.29) is 6.10 Å². The molecule has 1 aliphatic rings. The third-order valence-electron chi connectivity index (χ3n) is 4.24. The summed E-state index contributed by atoms with van der Waals surface area (Å²) in [6, 6.07) is 0. The number of aliphatic hydroxyl groups excluding tert-OH is 1. The highest BCUT2D eigenvalue weighted by Crippen LogP contribution is 2.36. The molecule has 0 aromatic rings. The van der Waals surface area contributed by atoms with Gasteiger partial charge in [0.2, 0.25) is 0 Å². The van der Waals surface area contributed by atoms with Crippen molar-refractivity contribution >= 4 is 0 Å². The van der Waals surface area contributed by atoms with Crippen LogP contribution in [0, 0.1) is 17.8 Å². The van der Waals surface area contributed by atoms with Crippen molar-refractivity contribution in [3.63, 3.8) is 0 Å². The second-order valence-corrected chi connectivity index (χ2v) is 5.02. The summed E-state index contributed by atoms with van der Waals surface area (Å²) in [4.78, 5) is 0. The average molecular weight is 198 g/mol. The van der Waals surface area contributed by atoms with E-state index >= 15 is 0 Å². The second kappa shape index (κ2) is 5.75. The van der Waals surface area contributed by atoms with E-state index in [9.17, 15) is 5.11 Å². The van der Waals surface area contributed by atoms with Crippen LogP contribution < -0.4 is 0 Å². The van der Waals surface area contributed by atoms with Crippen LogP contribution in [0.4, 0.5) is 0 Å². The fraction of sp³-hybridized carbons (Fsp3) is 1.00. The first kappa shape index (κ1) is 12.0. The maximum absolute atomic E-state index is 9.80. The SMILES string of the molecule is CCC1CCC(C(C)C(O)CC)CC1. The lowest BCUT2D eigenvalue weighted by Gasteiger charge is -2.33. The molecule has 0 aromatic heterocycles. The van der Waals surface area contributed by atoms with E-state index in [1.54, 1.807) is 0 Å². The van der Waals surface area contributed by atoms with Gasteiger partial charge >= 0.3 is 0 Å². The Morgan fingerprint density at radius 2 is 1.71 bits per heavy atom. The third kappa shape index (κ3) is 2.98. The molecule has 1 nitrogen and oxygen atoms in total. The molecule has 0 aliphatic heterocycles. The molecular formula is C13H26O. The summed E-state index contributed by atoms with van der Waals surface area (Å²) in [5.74, 6) is 2.27. The average Bonchev–Trinajstić information content (AvgIpc) is 2.27. The molecule has 1 fully saturated rings. The first-order valence-electron chi connectivity index (χ1n) is 6.37. The van der Waals surface area contributed by atoms with E-state index in [4.69, 9.17) is 0 Å². The van der Waals surface area contributed by atoms with Gasteiger partial charge in [-0.3, -0.25) is 0 Å². The van der Waals surface area contributed by atoms with Crippen LogP contribution in [-0.4, -0.2) is 11.2 Å². The van der Waals surface area contributed by atoms with Crippen LogP contribution in [0.15, 0.2) is 0 Å². The minimum Gasteiger partial charge on any atom is -0.393 e. The van der Waals surface area contributed by atoms with Gasteiger partial charge in [0, 0.05) is 0 Å². The van der Waals surface area contributed by atoms with Crippen LogP contribution in [-0.2, 0) is 0 Å². The largest absolute Gasteiger partial charge is 0.393 e. The van der Waals surface area contributed by atoms with Gasteiger partial charge in [0.1, 0.15) is 0 Å². The van der Waals surface area contributed by atoms with Crippen molar-refractivity contribution in [1.82, 2.24) is 0 Å². The van der Waals surface area contributed by atoms with E-state index in [2.05, 4.69) is 20.8 Å². The predicted molar refractivity (Wildman–Crippen MR) is 61.2 cm³/mol. The summed E-state index contributed by atoms with van der Waals surface area (Å²) in [7, 11) is 0. The van der Waals surface area contributed by atoms with Crippen molar-refractivity contribution in [3.05, 3.63) is 0 Å². The van der Waals surface area contributed by atoms with Crippen molar-refractivity contribution in [2.24, 2.45) is 17.8 Å². The van der Waals surface area contributed by atoms with Crippen LogP contribution >= 0.6 is 0 Å². The lowest BCUT2D eigenvalue weighted by Crippen LogP contribution is -2.28. The molecule has 84 valence electrons. The molecule has 1 aliphatic carbocycles. The lowest BCUT2D eigenvalue weighted by atomic mass is 9.74. The Kier molecular flexibility index (Phi) is 4.94. The Balaban J connectivity index is 2.33. The molecule has 2 unspecified atom stereocenters. The van der Waals surface area contributed by atoms with E-state index < -0.39 is 0 Å². The monoisotopic (exact) mass is 198 g/mol. The van der Waals surface area contributed by atoms with Crippen LogP contribution in [0.5, 0.6) is 0 Å². The smallest absolute Gasteiger partial charge is 0.0565 e. The molecule has 1 N–H and O–H groups in total. The van der Waals surface area contributed by atoms with E-state index in [1.165, 1.54) is 32.1 Å². The molecule has 1 heteroatoms. The molecule has 0 radical (unpaired) electrons. The fourth-order valence-electron chi connectivity index (χ4n) is 2.81. The third-order valence-corrected chi connectivity index (χ3v) is 4.24. The molecule has 2 atom stereocenters. The topological polar surface area (TPSA) is 20.2 Å². The lowest BCUT2D eigenvalue weighted by molar-refractivity contribution is 0.0591. The number of rotatable bonds is 4. The van der Waals surface area contributed by atoms with Crippen LogP contribution in [0.1, 0.15) is 59.3 Å². The molecule has 0 amide bonds. The van der Waals surface area contributed by atoms with E-state index in [0.29, 0.717) is 5.92 Å². The van der Waals surface area contributed by atoms with Gasteiger partial charge in [-0.1, -0.05) is 40.0 Å². The maximum Gasteiger partial charge on any atom is 0.0565 e. The molecule has 0 spiro atoms. The van der Waals surface area contributed by atoms with E-state index in [1.807, 2.05) is 0 Å². The van der Waals surface area contributed by atoms with Crippen molar-refractivity contribution in [3.8, 4) is 0 Å². The van der Waals surface area contributed by atoms with Gasteiger partial charge < -0.3 is 5.11 Å². The standard InChI is InChI=1S/C13H26O/c1-4-11-6-8-12(9-7-11)10(3)13(14)5-2/h10-14H,4-9H2,1-3H3. The summed E-state index contributed by atoms with van der Waals surface area (Å²) in [5, 5.41) is 9.80. The zero-order valence-electron chi connectivity index (χ0n) is 10.00. The zero-order chi connectivity index (χ0) is 10.6. The fourth-order valence-corrected chi connectivity index (χ4v) is 2.81. The summed E-state index contributed by atoms with van der Waals surface area (Å²) in [5.41, 5.74) is 0. The molecule has 0 aromatic carbocycles. The Hall–Kier alpha value is -0.0400. The molecule has 0 heterocycles. The second-order valence-electron chi connectivity index (χ2n) is 5.02. The first-order valence-corrected chi connectivity index (χ1v) is 6.37. The zero-order valence-corrected chi connectivity index (χ0v) is 10.00. The highest BCUT2D eigenvalue weighted by molar-refractivity contribution is 4.78. The number of hydrogen-bond donors (Lipinski definition) is 1. The van der Waals surface area contributed by atoms with Gasteiger partial charge in [-0.2, -0.15) is 0 Å². The molecular weight excluding hydrogens is 172 g/mol. The van der Waals surface area contributed by atoms with Gasteiger partial charge in [-0.15, -0.1) is 0 Å². The van der Waals surface area contributed by atoms with Crippen molar-refractivity contribution < 1.29 is 5.11 Å². The predicted octanol–water partition coefficient (Wildman–Crippen LogP) is 3.61. The normalized spacial score (nSPS) is 32.6. The highest BCUT2D eigenvalue weighted by atomic mass is 16.3. The summed E-state index contributed by atoms with van der Waals surface area (Å²) in [6.45, 7) is 6.61. The van der Waals surface area contributed by atoms with Gasteiger partial charge in [0.15, 0.2) is 0 Å². The van der Waals surface area contributed by atoms with Crippen molar-refractivity contribution in [1.29, 1.82) is 0 Å². The molecule has 0 saturated heterocycles. The Morgan fingerprint density at radius 3 is 2.14 bits per heavy atom. The molecule has 14 heavy (non-hydrogen) atoms.